The molecule has 0 aliphatic carbocycles. The van der Waals surface area contributed by atoms with Gasteiger partial charge in [0.1, 0.15) is 0 Å². The molecular formula is C13H18BrClN2. The van der Waals surface area contributed by atoms with Gasteiger partial charge in [0.25, 0.3) is 0 Å². The summed E-state index contributed by atoms with van der Waals surface area (Å²) < 4.78 is 1.08. The standard InChI is InChI=1S/C13H18BrClN2/c14-11-4-5-13(15)10(7-11)9-17-6-2-1-3-12(17)8-16/h4-5,7,12H,1-3,6,8-9,16H2. The zero-order valence-corrected chi connectivity index (χ0v) is 12.2. The van der Waals surface area contributed by atoms with Crippen molar-refractivity contribution >= 4 is 27.5 Å². The largest absolute Gasteiger partial charge is 0.329 e. The summed E-state index contributed by atoms with van der Waals surface area (Å²) in [5.74, 6) is 0. The summed E-state index contributed by atoms with van der Waals surface area (Å²) in [6.45, 7) is 2.77. The van der Waals surface area contributed by atoms with Crippen LogP contribution in [0.25, 0.3) is 0 Å². The van der Waals surface area contributed by atoms with Crippen LogP contribution in [0.2, 0.25) is 5.02 Å². The van der Waals surface area contributed by atoms with Crippen LogP contribution in [0.3, 0.4) is 0 Å². The minimum Gasteiger partial charge on any atom is -0.329 e. The number of nitrogens with zero attached hydrogens (tertiary/aromatic N) is 1. The first-order valence-corrected chi connectivity index (χ1v) is 7.26. The SMILES string of the molecule is NCC1CCCCN1Cc1cc(Br)ccc1Cl. The Morgan fingerprint density at radius 1 is 1.41 bits per heavy atom. The highest BCUT2D eigenvalue weighted by Gasteiger charge is 2.21. The monoisotopic (exact) mass is 316 g/mol. The van der Waals surface area contributed by atoms with Gasteiger partial charge in [-0.15, -0.1) is 0 Å². The van der Waals surface area contributed by atoms with Crippen molar-refractivity contribution in [3.63, 3.8) is 0 Å². The van der Waals surface area contributed by atoms with Crippen molar-refractivity contribution in [3.05, 3.63) is 33.3 Å². The molecule has 0 radical (unpaired) electrons. The van der Waals surface area contributed by atoms with Crippen molar-refractivity contribution in [3.8, 4) is 0 Å². The maximum absolute atomic E-state index is 6.23. The maximum Gasteiger partial charge on any atom is 0.0451 e. The maximum atomic E-state index is 6.23. The van der Waals surface area contributed by atoms with Gasteiger partial charge in [-0.1, -0.05) is 34.0 Å². The number of hydrogen-bond acceptors (Lipinski definition) is 2. The number of rotatable bonds is 3. The molecule has 1 aromatic rings. The summed E-state index contributed by atoms with van der Waals surface area (Å²) in [6, 6.07) is 6.54. The van der Waals surface area contributed by atoms with Gasteiger partial charge in [-0.25, -0.2) is 0 Å². The lowest BCUT2D eigenvalue weighted by Crippen LogP contribution is -2.43. The van der Waals surface area contributed by atoms with Crippen molar-refractivity contribution in [1.82, 2.24) is 4.90 Å². The van der Waals surface area contributed by atoms with Gasteiger partial charge in [0.15, 0.2) is 0 Å². The molecule has 17 heavy (non-hydrogen) atoms. The molecule has 0 bridgehead atoms. The zero-order chi connectivity index (χ0) is 12.3. The molecule has 2 rings (SSSR count). The van der Waals surface area contributed by atoms with Crippen molar-refractivity contribution in [1.29, 1.82) is 0 Å². The molecule has 2 N–H and O–H groups in total. The fraction of sp³-hybridized carbons (Fsp3) is 0.538. The van der Waals surface area contributed by atoms with Gasteiger partial charge >= 0.3 is 0 Å². The number of benzene rings is 1. The summed E-state index contributed by atoms with van der Waals surface area (Å²) in [5.41, 5.74) is 7.01. The Labute approximate surface area is 116 Å². The van der Waals surface area contributed by atoms with Crippen LogP contribution in [0.15, 0.2) is 22.7 Å². The Kier molecular flexibility index (Phi) is 4.86. The summed E-state index contributed by atoms with van der Waals surface area (Å²) in [6.07, 6.45) is 3.77. The van der Waals surface area contributed by atoms with E-state index in [0.29, 0.717) is 6.04 Å². The fourth-order valence-corrected chi connectivity index (χ4v) is 3.00. The number of halogens is 2. The third-order valence-electron chi connectivity index (χ3n) is 3.40. The number of piperidine rings is 1. The summed E-state index contributed by atoms with van der Waals surface area (Å²) in [4.78, 5) is 2.46. The van der Waals surface area contributed by atoms with E-state index in [1.807, 2.05) is 12.1 Å². The first-order chi connectivity index (χ1) is 8.20. The van der Waals surface area contributed by atoms with Gasteiger partial charge in [0.2, 0.25) is 0 Å². The van der Waals surface area contributed by atoms with Crippen LogP contribution < -0.4 is 5.73 Å². The second-order valence-corrected chi connectivity index (χ2v) is 5.91. The summed E-state index contributed by atoms with van der Waals surface area (Å²) in [7, 11) is 0. The van der Waals surface area contributed by atoms with Crippen molar-refractivity contribution in [2.45, 2.75) is 31.8 Å². The normalized spacial score (nSPS) is 21.7. The van der Waals surface area contributed by atoms with E-state index in [-0.39, 0.29) is 0 Å². The molecule has 1 saturated heterocycles. The highest BCUT2D eigenvalue weighted by Crippen LogP contribution is 2.25. The van der Waals surface area contributed by atoms with Crippen molar-refractivity contribution in [2.75, 3.05) is 13.1 Å². The van der Waals surface area contributed by atoms with Gasteiger partial charge < -0.3 is 5.73 Å². The lowest BCUT2D eigenvalue weighted by Gasteiger charge is -2.35. The van der Waals surface area contributed by atoms with Gasteiger partial charge in [-0.2, -0.15) is 0 Å². The predicted octanol–water partition coefficient (Wildman–Crippen LogP) is 3.42. The van der Waals surface area contributed by atoms with Gasteiger partial charge in [0.05, 0.1) is 0 Å². The fourth-order valence-electron chi connectivity index (χ4n) is 2.42. The lowest BCUT2D eigenvalue weighted by molar-refractivity contribution is 0.145. The van der Waals surface area contributed by atoms with Crippen LogP contribution in [0.1, 0.15) is 24.8 Å². The van der Waals surface area contributed by atoms with Gasteiger partial charge in [-0.05, 0) is 43.1 Å². The molecule has 0 amide bonds. The summed E-state index contributed by atoms with van der Waals surface area (Å²) in [5, 5.41) is 0.842. The highest BCUT2D eigenvalue weighted by molar-refractivity contribution is 9.10. The molecule has 1 atom stereocenters. The molecule has 94 valence electrons. The molecule has 4 heteroatoms. The number of nitrogens with two attached hydrogens (primary N) is 1. The second kappa shape index (κ2) is 6.19. The quantitative estimate of drug-likeness (QED) is 0.925. The van der Waals surface area contributed by atoms with Crippen LogP contribution in [0.5, 0.6) is 0 Å². The van der Waals surface area contributed by atoms with E-state index in [0.717, 1.165) is 29.1 Å². The number of likely N-dealkylation sites (tertiary alicyclic amines) is 1. The molecule has 1 unspecified atom stereocenters. The Hall–Kier alpha value is -0.0900. The van der Waals surface area contributed by atoms with E-state index in [9.17, 15) is 0 Å². The zero-order valence-electron chi connectivity index (χ0n) is 9.83. The first kappa shape index (κ1) is 13.3. The van der Waals surface area contributed by atoms with Crippen molar-refractivity contribution in [2.24, 2.45) is 5.73 Å². The average Bonchev–Trinajstić information content (AvgIpc) is 2.34. The second-order valence-electron chi connectivity index (χ2n) is 4.59. The molecule has 2 nitrogen and oxygen atoms in total. The third kappa shape index (κ3) is 3.44. The Morgan fingerprint density at radius 3 is 3.00 bits per heavy atom. The van der Waals surface area contributed by atoms with E-state index >= 15 is 0 Å². The molecule has 0 saturated carbocycles. The number of hydrogen-bond donors (Lipinski definition) is 1. The highest BCUT2D eigenvalue weighted by atomic mass is 79.9. The van der Waals surface area contributed by atoms with E-state index in [2.05, 4.69) is 26.9 Å². The molecule has 0 spiro atoms. The van der Waals surface area contributed by atoms with Gasteiger partial charge in [-0.3, -0.25) is 4.90 Å². The third-order valence-corrected chi connectivity index (χ3v) is 4.26. The van der Waals surface area contributed by atoms with E-state index in [4.69, 9.17) is 17.3 Å². The Bertz CT molecular complexity index is 384. The molecule has 1 aliphatic rings. The summed E-state index contributed by atoms with van der Waals surface area (Å²) >= 11 is 9.72. The minimum atomic E-state index is 0.513. The topological polar surface area (TPSA) is 29.3 Å². The molecule has 1 heterocycles. The van der Waals surface area contributed by atoms with E-state index < -0.39 is 0 Å². The van der Waals surface area contributed by atoms with Crippen molar-refractivity contribution < 1.29 is 0 Å². The first-order valence-electron chi connectivity index (χ1n) is 6.08. The predicted molar refractivity (Wildman–Crippen MR) is 76.3 cm³/mol. The average molecular weight is 318 g/mol. The van der Waals surface area contributed by atoms with Crippen LogP contribution in [0, 0.1) is 0 Å². The molecular weight excluding hydrogens is 300 g/mol. The van der Waals surface area contributed by atoms with Crippen LogP contribution >= 0.6 is 27.5 Å². The van der Waals surface area contributed by atoms with Crippen LogP contribution in [0.4, 0.5) is 0 Å². The molecule has 1 aliphatic heterocycles. The molecule has 1 aromatic carbocycles. The van der Waals surface area contributed by atoms with Crippen LogP contribution in [-0.4, -0.2) is 24.0 Å². The van der Waals surface area contributed by atoms with Gasteiger partial charge in [0, 0.05) is 28.6 Å². The Balaban J connectivity index is 2.10. The smallest absolute Gasteiger partial charge is 0.0451 e. The minimum absolute atomic E-state index is 0.513. The van der Waals surface area contributed by atoms with E-state index in [1.54, 1.807) is 0 Å². The lowest BCUT2D eigenvalue weighted by atomic mass is 10.0. The Morgan fingerprint density at radius 2 is 2.24 bits per heavy atom. The molecule has 0 aromatic heterocycles. The van der Waals surface area contributed by atoms with Crippen LogP contribution in [-0.2, 0) is 6.54 Å². The van der Waals surface area contributed by atoms with E-state index in [1.165, 1.54) is 24.8 Å². The molecule has 1 fully saturated rings.